The van der Waals surface area contributed by atoms with Crippen LogP contribution in [0.1, 0.15) is 41.7 Å². The highest BCUT2D eigenvalue weighted by molar-refractivity contribution is 7.17. The van der Waals surface area contributed by atoms with E-state index in [9.17, 15) is 22.8 Å². The molecule has 1 saturated carbocycles. The Kier molecular flexibility index (Phi) is 6.10. The number of hydrogen-bond donors (Lipinski definition) is 4. The summed E-state index contributed by atoms with van der Waals surface area (Å²) in [5.74, 6) is -0.425. The van der Waals surface area contributed by atoms with Crippen molar-refractivity contribution < 1.29 is 27.9 Å². The molecule has 0 saturated heterocycles. The van der Waals surface area contributed by atoms with Crippen LogP contribution in [0.4, 0.5) is 29.5 Å². The largest absolute Gasteiger partial charge is 0.465 e. The van der Waals surface area contributed by atoms with Crippen LogP contribution >= 0.6 is 11.3 Å². The van der Waals surface area contributed by atoms with Gasteiger partial charge in [0, 0.05) is 24.7 Å². The van der Waals surface area contributed by atoms with Gasteiger partial charge in [-0.15, -0.1) is 11.3 Å². The van der Waals surface area contributed by atoms with E-state index in [1.807, 2.05) is 0 Å². The van der Waals surface area contributed by atoms with E-state index in [1.54, 1.807) is 0 Å². The van der Waals surface area contributed by atoms with Gasteiger partial charge in [0.25, 0.3) is 5.91 Å². The van der Waals surface area contributed by atoms with Gasteiger partial charge < -0.3 is 21.1 Å². The number of carbonyl (C=O) groups excluding carboxylic acids is 1. The quantitative estimate of drug-likeness (QED) is 0.435. The van der Waals surface area contributed by atoms with Crippen molar-refractivity contribution in [2.75, 3.05) is 10.6 Å². The van der Waals surface area contributed by atoms with E-state index >= 15 is 0 Å². The molecule has 0 unspecified atom stereocenters. The van der Waals surface area contributed by atoms with Gasteiger partial charge in [-0.3, -0.25) is 9.48 Å². The van der Waals surface area contributed by atoms with Crippen molar-refractivity contribution in [1.29, 1.82) is 0 Å². The second kappa shape index (κ2) is 8.84. The van der Waals surface area contributed by atoms with Gasteiger partial charge in [-0.2, -0.15) is 18.3 Å². The standard InChI is InChI=1S/C19H20F3N7O3S/c1-29-7-12(15(28-29)19(20,21)22)25-16(30)9-8-33-17-14(9)27-13(6-23-17)24-10-4-2-3-5-11(10)26-18(31)32/h6-8,10-11,26H,2-5H2,1H3,(H,24,27)(H,25,30)(H,31,32)/t10-,11+/m1/s1. The van der Waals surface area contributed by atoms with E-state index in [4.69, 9.17) is 5.11 Å². The van der Waals surface area contributed by atoms with Crippen LogP contribution in [0.3, 0.4) is 0 Å². The van der Waals surface area contributed by atoms with Crippen molar-refractivity contribution in [1.82, 2.24) is 25.1 Å². The minimum absolute atomic E-state index is 0.0759. The van der Waals surface area contributed by atoms with Gasteiger partial charge >= 0.3 is 12.3 Å². The lowest BCUT2D eigenvalue weighted by Crippen LogP contribution is -2.48. The molecule has 10 nitrogen and oxygen atoms in total. The molecule has 2 atom stereocenters. The molecule has 4 N–H and O–H groups in total. The summed E-state index contributed by atoms with van der Waals surface area (Å²) in [6.07, 6.45) is -0.0524. The number of hydrogen-bond acceptors (Lipinski definition) is 7. The first-order valence-electron chi connectivity index (χ1n) is 10.0. The molecule has 3 heterocycles. The molecule has 0 aliphatic heterocycles. The van der Waals surface area contributed by atoms with Crippen molar-refractivity contribution in [3.8, 4) is 0 Å². The smallest absolute Gasteiger partial charge is 0.437 e. The molecule has 0 aromatic carbocycles. The number of nitrogens with one attached hydrogen (secondary N) is 3. The van der Waals surface area contributed by atoms with E-state index in [0.717, 1.165) is 41.5 Å². The molecule has 1 aliphatic rings. The molecule has 33 heavy (non-hydrogen) atoms. The lowest BCUT2D eigenvalue weighted by molar-refractivity contribution is -0.140. The van der Waals surface area contributed by atoms with Gasteiger partial charge in [0.15, 0.2) is 5.69 Å². The Balaban J connectivity index is 1.57. The topological polar surface area (TPSA) is 134 Å². The lowest BCUT2D eigenvalue weighted by atomic mass is 9.90. The average molecular weight is 483 g/mol. The van der Waals surface area contributed by atoms with Crippen molar-refractivity contribution in [2.45, 2.75) is 43.9 Å². The summed E-state index contributed by atoms with van der Waals surface area (Å²) in [6, 6.07) is -0.507. The van der Waals surface area contributed by atoms with Crippen molar-refractivity contribution in [3.63, 3.8) is 0 Å². The van der Waals surface area contributed by atoms with Gasteiger partial charge in [0.1, 0.15) is 16.2 Å². The maximum Gasteiger partial charge on any atom is 0.437 e. The predicted octanol–water partition coefficient (Wildman–Crippen LogP) is 3.69. The minimum Gasteiger partial charge on any atom is -0.465 e. The molecule has 1 aliphatic carbocycles. The molecule has 3 aromatic heterocycles. The molecule has 0 spiro atoms. The summed E-state index contributed by atoms with van der Waals surface area (Å²) < 4.78 is 40.6. The van der Waals surface area contributed by atoms with E-state index in [-0.39, 0.29) is 23.2 Å². The number of aromatic nitrogens is 4. The van der Waals surface area contributed by atoms with Crippen LogP contribution in [-0.4, -0.2) is 48.9 Å². The van der Waals surface area contributed by atoms with Gasteiger partial charge in [-0.05, 0) is 12.8 Å². The van der Waals surface area contributed by atoms with Crippen LogP contribution < -0.4 is 16.0 Å². The molecule has 0 bridgehead atoms. The average Bonchev–Trinajstić information content (AvgIpc) is 3.32. The Bertz CT molecular complexity index is 1190. The van der Waals surface area contributed by atoms with Crippen LogP contribution in [0.5, 0.6) is 0 Å². The molecule has 1 fully saturated rings. The summed E-state index contributed by atoms with van der Waals surface area (Å²) in [7, 11) is 1.33. The first-order valence-corrected chi connectivity index (χ1v) is 10.9. The minimum atomic E-state index is -4.72. The Labute approximate surface area is 189 Å². The fourth-order valence-corrected chi connectivity index (χ4v) is 4.67. The Hall–Kier alpha value is -3.42. The fourth-order valence-electron chi connectivity index (χ4n) is 3.84. The zero-order valence-electron chi connectivity index (χ0n) is 17.3. The van der Waals surface area contributed by atoms with Gasteiger partial charge in [0.2, 0.25) is 0 Å². The third-order valence-corrected chi connectivity index (χ3v) is 6.16. The van der Waals surface area contributed by atoms with E-state index in [0.29, 0.717) is 17.1 Å². The Morgan fingerprint density at radius 1 is 1.24 bits per heavy atom. The molecular weight excluding hydrogens is 463 g/mol. The number of rotatable bonds is 5. The summed E-state index contributed by atoms with van der Waals surface area (Å²) in [6.45, 7) is 0. The SMILES string of the molecule is Cn1cc(NC(=O)c2csc3ncc(N[C@@H]4CCCC[C@@H]4NC(=O)O)nc23)c(C(F)(F)F)n1. The molecule has 4 rings (SSSR count). The normalized spacial score (nSPS) is 18.8. The summed E-state index contributed by atoms with van der Waals surface area (Å²) >= 11 is 1.14. The number of thiophene rings is 1. The third kappa shape index (κ3) is 4.99. The van der Waals surface area contributed by atoms with Gasteiger partial charge in [-0.1, -0.05) is 12.8 Å². The number of aryl methyl sites for hydroxylation is 1. The molecule has 176 valence electrons. The highest BCUT2D eigenvalue weighted by Gasteiger charge is 2.38. The number of amides is 2. The van der Waals surface area contributed by atoms with Crippen LogP contribution in [0.15, 0.2) is 17.8 Å². The molecule has 3 aromatic rings. The molecule has 0 radical (unpaired) electrons. The second-order valence-corrected chi connectivity index (χ2v) is 8.52. The fraction of sp³-hybridized carbons (Fsp3) is 0.421. The van der Waals surface area contributed by atoms with Crippen molar-refractivity contribution in [2.24, 2.45) is 7.05 Å². The third-order valence-electron chi connectivity index (χ3n) is 5.28. The number of carbonyl (C=O) groups is 2. The number of carboxylic acid groups (broad SMARTS) is 1. The summed E-state index contributed by atoms with van der Waals surface area (Å²) in [4.78, 5) is 33.0. The Morgan fingerprint density at radius 3 is 2.67 bits per heavy atom. The molecular formula is C19H20F3N7O3S. The highest BCUT2D eigenvalue weighted by atomic mass is 32.1. The summed E-state index contributed by atoms with van der Waals surface area (Å²) in [5.41, 5.74) is -1.34. The second-order valence-electron chi connectivity index (χ2n) is 7.67. The number of fused-ring (bicyclic) bond motifs is 1. The van der Waals surface area contributed by atoms with E-state index in [2.05, 4.69) is 31.0 Å². The zero-order valence-corrected chi connectivity index (χ0v) is 18.1. The lowest BCUT2D eigenvalue weighted by Gasteiger charge is -2.32. The van der Waals surface area contributed by atoms with E-state index < -0.39 is 29.6 Å². The van der Waals surface area contributed by atoms with Gasteiger partial charge in [-0.25, -0.2) is 14.8 Å². The number of alkyl halides is 3. The van der Waals surface area contributed by atoms with Crippen molar-refractivity contribution >= 4 is 45.2 Å². The van der Waals surface area contributed by atoms with E-state index in [1.165, 1.54) is 18.6 Å². The first kappa shape index (κ1) is 22.8. The molecule has 2 amide bonds. The van der Waals surface area contributed by atoms with Crippen LogP contribution in [0, 0.1) is 0 Å². The maximum absolute atomic E-state index is 13.2. The van der Waals surface area contributed by atoms with Crippen LogP contribution in [0.25, 0.3) is 10.3 Å². The zero-order chi connectivity index (χ0) is 23.8. The number of anilines is 2. The highest BCUT2D eigenvalue weighted by Crippen LogP contribution is 2.34. The summed E-state index contributed by atoms with van der Waals surface area (Å²) in [5, 5.41) is 21.9. The first-order chi connectivity index (χ1) is 15.6. The number of halogens is 3. The van der Waals surface area contributed by atoms with Crippen LogP contribution in [0.2, 0.25) is 0 Å². The van der Waals surface area contributed by atoms with Crippen molar-refractivity contribution in [3.05, 3.63) is 29.0 Å². The molecule has 14 heteroatoms. The maximum atomic E-state index is 13.2. The van der Waals surface area contributed by atoms with Crippen LogP contribution in [-0.2, 0) is 13.2 Å². The Morgan fingerprint density at radius 2 is 1.97 bits per heavy atom. The van der Waals surface area contributed by atoms with Gasteiger partial charge in [0.05, 0.1) is 23.5 Å². The predicted molar refractivity (Wildman–Crippen MR) is 114 cm³/mol. The number of nitrogens with zero attached hydrogens (tertiary/aromatic N) is 4. The monoisotopic (exact) mass is 483 g/mol.